The molecule has 0 unspecified atom stereocenters. The van der Waals surface area contributed by atoms with E-state index in [1.54, 1.807) is 0 Å². The lowest BCUT2D eigenvalue weighted by Crippen LogP contribution is -2.11. The minimum atomic E-state index is -0.873. The number of carbonyl (C=O) groups is 2. The van der Waals surface area contributed by atoms with Crippen molar-refractivity contribution >= 4 is 17.8 Å². The molecular formula is C14H17NO7. The molecule has 0 saturated heterocycles. The summed E-state index contributed by atoms with van der Waals surface area (Å²) in [5, 5.41) is 10.5. The van der Waals surface area contributed by atoms with Gasteiger partial charge in [0.15, 0.2) is 0 Å². The van der Waals surface area contributed by atoms with Crippen molar-refractivity contribution in [2.45, 2.75) is 25.7 Å². The van der Waals surface area contributed by atoms with Gasteiger partial charge in [-0.3, -0.25) is 14.9 Å². The first kappa shape index (κ1) is 17.4. The molecule has 1 aromatic carbocycles. The van der Waals surface area contributed by atoms with E-state index in [1.165, 1.54) is 31.4 Å². The summed E-state index contributed by atoms with van der Waals surface area (Å²) in [6.45, 7) is 0.174. The maximum absolute atomic E-state index is 11.4. The average Bonchev–Trinajstić information content (AvgIpc) is 2.50. The molecule has 0 aliphatic rings. The van der Waals surface area contributed by atoms with Crippen molar-refractivity contribution in [3.63, 3.8) is 0 Å². The predicted octanol–water partition coefficient (Wildman–Crippen LogP) is 2.84. The first-order chi connectivity index (χ1) is 10.5. The third-order valence-electron chi connectivity index (χ3n) is 2.72. The Kier molecular flexibility index (Phi) is 7.38. The number of hydrogen-bond acceptors (Lipinski definition) is 7. The predicted molar refractivity (Wildman–Crippen MR) is 75.6 cm³/mol. The highest BCUT2D eigenvalue weighted by atomic mass is 16.7. The summed E-state index contributed by atoms with van der Waals surface area (Å²) in [7, 11) is 1.33. The highest BCUT2D eigenvalue weighted by Gasteiger charge is 2.09. The number of non-ortho nitro benzene ring substituents is 1. The van der Waals surface area contributed by atoms with E-state index in [4.69, 9.17) is 9.47 Å². The Balaban J connectivity index is 2.18. The molecule has 0 aliphatic carbocycles. The Morgan fingerprint density at radius 3 is 2.41 bits per heavy atom. The van der Waals surface area contributed by atoms with E-state index in [0.717, 1.165) is 6.42 Å². The fourth-order valence-corrected chi connectivity index (χ4v) is 1.57. The third kappa shape index (κ3) is 6.69. The minimum absolute atomic E-state index is 0.0914. The van der Waals surface area contributed by atoms with Crippen LogP contribution in [0.15, 0.2) is 24.3 Å². The molecule has 0 amide bonds. The van der Waals surface area contributed by atoms with Crippen LogP contribution in [0, 0.1) is 10.1 Å². The molecule has 0 bridgehead atoms. The second-order valence-electron chi connectivity index (χ2n) is 4.34. The highest BCUT2D eigenvalue weighted by molar-refractivity contribution is 5.69. The summed E-state index contributed by atoms with van der Waals surface area (Å²) in [6, 6.07) is 5.09. The maximum atomic E-state index is 11.4. The van der Waals surface area contributed by atoms with Crippen LogP contribution in [0.5, 0.6) is 5.75 Å². The van der Waals surface area contributed by atoms with Gasteiger partial charge in [-0.25, -0.2) is 4.79 Å². The van der Waals surface area contributed by atoms with E-state index in [2.05, 4.69) is 4.74 Å². The fraction of sp³-hybridized carbons (Fsp3) is 0.429. The van der Waals surface area contributed by atoms with Crippen LogP contribution in [-0.2, 0) is 14.3 Å². The second kappa shape index (κ2) is 9.32. The Morgan fingerprint density at radius 1 is 1.14 bits per heavy atom. The standard InChI is InChI=1S/C14H17NO7/c1-20-13(16)5-3-2-4-10-21-14(17)22-12-8-6-11(7-9-12)15(18)19/h6-9H,2-5,10H2,1H3. The van der Waals surface area contributed by atoms with E-state index in [1.807, 2.05) is 0 Å². The molecule has 120 valence electrons. The number of benzene rings is 1. The quantitative estimate of drug-likeness (QED) is 0.239. The van der Waals surface area contributed by atoms with Crippen LogP contribution in [0.4, 0.5) is 10.5 Å². The zero-order chi connectivity index (χ0) is 16.4. The van der Waals surface area contributed by atoms with Gasteiger partial charge in [-0.15, -0.1) is 0 Å². The van der Waals surface area contributed by atoms with Crippen molar-refractivity contribution in [2.75, 3.05) is 13.7 Å². The van der Waals surface area contributed by atoms with Crippen LogP contribution < -0.4 is 4.74 Å². The van der Waals surface area contributed by atoms with E-state index in [9.17, 15) is 19.7 Å². The molecule has 22 heavy (non-hydrogen) atoms. The first-order valence-corrected chi connectivity index (χ1v) is 6.69. The number of unbranched alkanes of at least 4 members (excludes halogenated alkanes) is 2. The van der Waals surface area contributed by atoms with E-state index in [-0.39, 0.29) is 24.0 Å². The van der Waals surface area contributed by atoms with Crippen LogP contribution in [-0.4, -0.2) is 30.8 Å². The number of hydrogen-bond donors (Lipinski definition) is 0. The Bertz CT molecular complexity index is 512. The molecule has 0 atom stereocenters. The number of nitro benzene ring substituents is 1. The second-order valence-corrected chi connectivity index (χ2v) is 4.34. The molecule has 1 aromatic rings. The Morgan fingerprint density at radius 2 is 1.82 bits per heavy atom. The van der Waals surface area contributed by atoms with Crippen LogP contribution in [0.25, 0.3) is 0 Å². The topological polar surface area (TPSA) is 105 Å². The van der Waals surface area contributed by atoms with Gasteiger partial charge in [0.1, 0.15) is 5.75 Å². The number of methoxy groups -OCH3 is 1. The number of ether oxygens (including phenoxy) is 3. The van der Waals surface area contributed by atoms with Gasteiger partial charge in [0.2, 0.25) is 0 Å². The largest absolute Gasteiger partial charge is 0.513 e. The van der Waals surface area contributed by atoms with Crippen LogP contribution in [0.1, 0.15) is 25.7 Å². The van der Waals surface area contributed by atoms with E-state index in [0.29, 0.717) is 19.3 Å². The molecule has 0 aliphatic heterocycles. The molecule has 0 spiro atoms. The first-order valence-electron chi connectivity index (χ1n) is 6.69. The molecular weight excluding hydrogens is 294 g/mol. The molecule has 0 radical (unpaired) electrons. The third-order valence-corrected chi connectivity index (χ3v) is 2.72. The Labute approximate surface area is 127 Å². The summed E-state index contributed by atoms with van der Waals surface area (Å²) in [6.07, 6.45) is 1.45. The van der Waals surface area contributed by atoms with Gasteiger partial charge in [0.25, 0.3) is 5.69 Å². The average molecular weight is 311 g/mol. The zero-order valence-electron chi connectivity index (χ0n) is 12.1. The fourth-order valence-electron chi connectivity index (χ4n) is 1.57. The summed E-state index contributed by atoms with van der Waals surface area (Å²) >= 11 is 0. The van der Waals surface area contributed by atoms with Crippen molar-refractivity contribution in [1.29, 1.82) is 0 Å². The lowest BCUT2D eigenvalue weighted by molar-refractivity contribution is -0.384. The van der Waals surface area contributed by atoms with Crippen molar-refractivity contribution in [2.24, 2.45) is 0 Å². The molecule has 0 N–H and O–H groups in total. The summed E-state index contributed by atoms with van der Waals surface area (Å²) in [5.41, 5.74) is -0.0914. The van der Waals surface area contributed by atoms with Crippen molar-refractivity contribution in [3.05, 3.63) is 34.4 Å². The van der Waals surface area contributed by atoms with Gasteiger partial charge < -0.3 is 14.2 Å². The maximum Gasteiger partial charge on any atom is 0.513 e. The van der Waals surface area contributed by atoms with E-state index < -0.39 is 11.1 Å². The SMILES string of the molecule is COC(=O)CCCCCOC(=O)Oc1ccc([N+](=O)[O-])cc1. The van der Waals surface area contributed by atoms with Gasteiger partial charge >= 0.3 is 12.1 Å². The monoisotopic (exact) mass is 311 g/mol. The number of rotatable bonds is 8. The van der Waals surface area contributed by atoms with Gasteiger partial charge in [0, 0.05) is 18.6 Å². The van der Waals surface area contributed by atoms with Crippen molar-refractivity contribution in [3.8, 4) is 5.75 Å². The molecule has 8 nitrogen and oxygen atoms in total. The van der Waals surface area contributed by atoms with Crippen molar-refractivity contribution in [1.82, 2.24) is 0 Å². The van der Waals surface area contributed by atoms with Gasteiger partial charge in [-0.1, -0.05) is 0 Å². The summed E-state index contributed by atoms with van der Waals surface area (Å²) < 4.78 is 14.2. The van der Waals surface area contributed by atoms with Gasteiger partial charge in [-0.2, -0.15) is 0 Å². The highest BCUT2D eigenvalue weighted by Crippen LogP contribution is 2.17. The van der Waals surface area contributed by atoms with Crippen molar-refractivity contribution < 1.29 is 28.7 Å². The molecule has 0 aromatic heterocycles. The smallest absolute Gasteiger partial charge is 0.469 e. The number of esters is 1. The number of carbonyl (C=O) groups excluding carboxylic acids is 2. The lowest BCUT2D eigenvalue weighted by Gasteiger charge is -2.05. The van der Waals surface area contributed by atoms with Gasteiger partial charge in [0.05, 0.1) is 18.6 Å². The summed E-state index contributed by atoms with van der Waals surface area (Å²) in [5.74, 6) is -0.0974. The molecule has 0 heterocycles. The van der Waals surface area contributed by atoms with E-state index >= 15 is 0 Å². The van der Waals surface area contributed by atoms with Crippen LogP contribution >= 0.6 is 0 Å². The zero-order valence-corrected chi connectivity index (χ0v) is 12.1. The van der Waals surface area contributed by atoms with Crippen LogP contribution in [0.3, 0.4) is 0 Å². The van der Waals surface area contributed by atoms with Gasteiger partial charge in [-0.05, 0) is 31.4 Å². The molecule has 0 saturated carbocycles. The lowest BCUT2D eigenvalue weighted by atomic mass is 10.2. The molecule has 8 heteroatoms. The normalized spacial score (nSPS) is 9.86. The molecule has 1 rings (SSSR count). The number of nitro groups is 1. The minimum Gasteiger partial charge on any atom is -0.469 e. The molecule has 0 fully saturated rings. The van der Waals surface area contributed by atoms with Crippen LogP contribution in [0.2, 0.25) is 0 Å². The number of nitrogens with zero attached hydrogens (tertiary/aromatic N) is 1. The summed E-state index contributed by atoms with van der Waals surface area (Å²) in [4.78, 5) is 32.1. The Hall–Kier alpha value is -2.64.